The van der Waals surface area contributed by atoms with Gasteiger partial charge in [0.05, 0.1) is 93.2 Å². The summed E-state index contributed by atoms with van der Waals surface area (Å²) in [5.74, 6) is -3.71. The van der Waals surface area contributed by atoms with Gasteiger partial charge in [0.25, 0.3) is 0 Å². The number of rotatable bonds is 12. The average Bonchev–Trinajstić information content (AvgIpc) is 2.87. The third kappa shape index (κ3) is 26.5. The molecule has 1 radical (unpaired) electrons. The van der Waals surface area contributed by atoms with Crippen LogP contribution in [0.3, 0.4) is 0 Å². The number of nitrogens with zero attached hydrogens (tertiary/aromatic N) is 15. The van der Waals surface area contributed by atoms with Gasteiger partial charge in [-0.25, -0.2) is 59.0 Å². The normalized spacial score (nSPS) is 11.3. The summed E-state index contributed by atoms with van der Waals surface area (Å²) < 4.78 is 29.1. The molecule has 8 rings (SSSR count). The van der Waals surface area contributed by atoms with E-state index in [-0.39, 0.29) is 86.4 Å². The Labute approximate surface area is 574 Å². The van der Waals surface area contributed by atoms with Gasteiger partial charge in [-0.3, -0.25) is 14.0 Å². The first-order chi connectivity index (χ1) is 40.6. The first-order valence-electron chi connectivity index (χ1n) is 24.3. The van der Waals surface area contributed by atoms with Gasteiger partial charge in [0.1, 0.15) is 20.6 Å². The van der Waals surface area contributed by atoms with E-state index in [9.17, 15) is 24.3 Å². The van der Waals surface area contributed by atoms with Crippen molar-refractivity contribution in [1.82, 2.24) is 69.2 Å². The van der Waals surface area contributed by atoms with Crippen molar-refractivity contribution >= 4 is 123 Å². The molecule has 8 heterocycles. The summed E-state index contributed by atoms with van der Waals surface area (Å²) in [6.07, 6.45) is 15.7. The number of hydrogen-bond acceptors (Lipinski definition) is 25. The Morgan fingerprint density at radius 3 is 1.37 bits per heavy atom. The Balaban J connectivity index is 0. The zero-order chi connectivity index (χ0) is 65.1. The van der Waals surface area contributed by atoms with Crippen LogP contribution in [0.15, 0.2) is 71.2 Å². The number of aromatic carboxylic acids is 1. The molecule has 479 valence electrons. The molecule has 7 aromatic heterocycles. The number of methoxy groups -OCH3 is 3. The van der Waals surface area contributed by atoms with Gasteiger partial charge in [0.15, 0.2) is 0 Å². The van der Waals surface area contributed by atoms with Crippen molar-refractivity contribution in [2.75, 3.05) is 48.7 Å². The first kappa shape index (κ1) is 85.2. The molecule has 1 aliphatic rings. The van der Waals surface area contributed by atoms with Gasteiger partial charge < -0.3 is 55.1 Å². The van der Waals surface area contributed by atoms with E-state index in [4.69, 9.17) is 94.9 Å². The minimum Gasteiger partial charge on any atom is -0.870 e. The summed E-state index contributed by atoms with van der Waals surface area (Å²) in [7, 11) is 13.1. The number of allylic oxidation sites excluding steroid dienone is 1. The van der Waals surface area contributed by atoms with E-state index >= 15 is 0 Å². The molecule has 6 N–H and O–H groups in total. The topological polar surface area (TPSA) is 400 Å². The fourth-order valence-electron chi connectivity index (χ4n) is 5.78. The van der Waals surface area contributed by atoms with Crippen molar-refractivity contribution in [3.63, 3.8) is 0 Å². The molecule has 1 fully saturated rings. The molecule has 89 heavy (non-hydrogen) atoms. The Morgan fingerprint density at radius 2 is 1.07 bits per heavy atom. The maximum absolute atomic E-state index is 11.2. The maximum atomic E-state index is 11.2. The number of aromatic nitrogens is 14. The van der Waals surface area contributed by atoms with Crippen molar-refractivity contribution < 1.29 is 93.1 Å². The number of nitrogens with two attached hydrogens (primary N) is 1. The van der Waals surface area contributed by atoms with Crippen LogP contribution in [-0.4, -0.2) is 187 Å². The minimum atomic E-state index is -1.24. The number of carboxylic acids is 1. The zero-order valence-electron chi connectivity index (χ0n) is 49.6. The van der Waals surface area contributed by atoms with Crippen LogP contribution in [-0.2, 0) is 44.7 Å². The number of carboxylic acid groups (broad SMARTS) is 1. The number of ether oxygens (including phenoxy) is 4. The molecule has 0 saturated carbocycles. The molecular weight excluding hydrogens is 1370 g/mol. The summed E-state index contributed by atoms with van der Waals surface area (Å²) in [6.45, 7) is 9.01. The monoisotopic (exact) mass is 1430 g/mol. The summed E-state index contributed by atoms with van der Waals surface area (Å²) in [5, 5.41) is 38.8. The fourth-order valence-corrected chi connectivity index (χ4v) is 7.30. The average molecular weight is 1440 g/mol. The molecule has 0 bridgehead atoms. The molecule has 1 aliphatic heterocycles. The SMILES string of the molecule is C.C1CCOC1.CN=C([B]OC(C)(C)C(C)(C)O)C=CN.CO.COC(=O)c1ncc(-c2c(Cl)cnn2C)c(Cl)n1.COC(=O)c1ncc(-c2ccnn2C)c(Cl)n1.COC(=O)c1ncc(Br)c(Cl)n1.Cn1ncc(Cl)c1-c1cnc(C(=O)O)nc1Cl.[Na+].[OH-]. The number of aliphatic hydroxyl groups excluding tert-OH is 1. The standard InChI is InChI=1S/C10H20BN2O2.C10H8Cl2N4O2.C10H9ClN4O2.C9H6Cl2N4O2.C6H4BrClN2O2.C4H8O.CH4O.CH4.Na.H2O/c1-9(2,14)10(3,4)15-11-8(13-5)6-7-12;1-16-7(6(11)4-14-16)5-3-13-9(10(17)18-2)15-8(5)12;1-15-7(3-4-13-15)6-5-12-9(10(16)17-2)14-8(6)11;1-15-6(5(10)3-13-15)4-2-12-8(9(16)17)14-7(4)11;1-12-6(11)5-9-2-3(7)4(8)10-5;1-2-4-5-3-1;1-2;;;/h6-7,14H,12H2,1-5H3;3-4H,1-2H3;3-5H,1-2H3;2-3H,1H3,(H,16,17);2H,1H3;1-4H2;2H,1H3;1H4;;1H2/q;;;;;;;;+1;/p-1. The molecule has 0 aromatic carbocycles. The quantitative estimate of drug-likeness (QED) is 0.0391. The van der Waals surface area contributed by atoms with Crippen LogP contribution in [0, 0.1) is 0 Å². The van der Waals surface area contributed by atoms with Crippen molar-refractivity contribution in [1.29, 1.82) is 0 Å². The minimum absolute atomic E-state index is 0. The van der Waals surface area contributed by atoms with Crippen molar-refractivity contribution in [3.05, 3.63) is 120 Å². The van der Waals surface area contributed by atoms with Crippen LogP contribution >= 0.6 is 85.5 Å². The van der Waals surface area contributed by atoms with Gasteiger partial charge in [-0.1, -0.05) is 77.0 Å². The van der Waals surface area contributed by atoms with Crippen molar-refractivity contribution in [2.24, 2.45) is 31.9 Å². The van der Waals surface area contributed by atoms with E-state index < -0.39 is 35.1 Å². The number of aliphatic hydroxyl groups is 2. The maximum Gasteiger partial charge on any atom is 1.00 e. The molecule has 29 nitrogen and oxygen atoms in total. The third-order valence-electron chi connectivity index (χ3n) is 10.9. The molecule has 38 heteroatoms. The second kappa shape index (κ2) is 42.2. The summed E-state index contributed by atoms with van der Waals surface area (Å²) >= 11 is 38.5. The van der Waals surface area contributed by atoms with Gasteiger partial charge in [0.2, 0.25) is 23.3 Å². The van der Waals surface area contributed by atoms with Crippen LogP contribution < -0.4 is 35.3 Å². The van der Waals surface area contributed by atoms with Gasteiger partial charge in [0, 0.05) is 85.1 Å². The smallest absolute Gasteiger partial charge is 0.870 e. The predicted molar refractivity (Wildman–Crippen MR) is 334 cm³/mol. The molecule has 1 saturated heterocycles. The molecule has 0 amide bonds. The van der Waals surface area contributed by atoms with E-state index in [1.54, 1.807) is 69.7 Å². The molecule has 0 atom stereocenters. The molecular formula is C51H64BBrCl6N16NaO13. The van der Waals surface area contributed by atoms with Crippen LogP contribution in [0.5, 0.6) is 0 Å². The zero-order valence-corrected chi connectivity index (χ0v) is 57.7. The largest absolute Gasteiger partial charge is 1.00 e. The third-order valence-corrected chi connectivity index (χ3v) is 13.4. The second-order valence-corrected chi connectivity index (χ2v) is 20.3. The Kier molecular flexibility index (Phi) is 40.4. The number of esters is 3. The van der Waals surface area contributed by atoms with Crippen LogP contribution in [0.4, 0.5) is 0 Å². The number of halogens is 7. The summed E-state index contributed by atoms with van der Waals surface area (Å²) in [4.78, 5) is 78.2. The molecule has 0 unspecified atom stereocenters. The number of aryl methyl sites for hydroxylation is 3. The van der Waals surface area contributed by atoms with Crippen LogP contribution in [0.2, 0.25) is 30.7 Å². The van der Waals surface area contributed by atoms with Gasteiger partial charge in [-0.05, 0) is 74.8 Å². The van der Waals surface area contributed by atoms with Gasteiger partial charge in [-0.2, -0.15) is 15.3 Å². The molecule has 0 aliphatic carbocycles. The van der Waals surface area contributed by atoms with Crippen LogP contribution in [0.1, 0.15) is 90.4 Å². The van der Waals surface area contributed by atoms with Crippen molar-refractivity contribution in [3.8, 4) is 33.8 Å². The van der Waals surface area contributed by atoms with E-state index in [2.05, 4.69) is 90.3 Å². The number of aliphatic imine (C=N–C) groups is 1. The van der Waals surface area contributed by atoms with E-state index in [1.165, 1.54) is 89.7 Å². The summed E-state index contributed by atoms with van der Waals surface area (Å²) in [5.41, 5.74) is 7.66. The van der Waals surface area contributed by atoms with E-state index in [0.717, 1.165) is 26.0 Å². The first-order valence-corrected chi connectivity index (χ1v) is 27.3. The number of carbonyl (C=O) groups excluding carboxylic acids is 3. The van der Waals surface area contributed by atoms with Crippen molar-refractivity contribution in [2.45, 2.75) is 59.2 Å². The second-order valence-electron chi connectivity index (χ2n) is 17.2. The van der Waals surface area contributed by atoms with Gasteiger partial charge >= 0.3 is 60.9 Å². The summed E-state index contributed by atoms with van der Waals surface area (Å²) in [6, 6.07) is 1.78. The Bertz CT molecular complexity index is 3400. The van der Waals surface area contributed by atoms with Crippen LogP contribution in [0.25, 0.3) is 33.8 Å². The predicted octanol–water partition coefficient (Wildman–Crippen LogP) is 5.39. The molecule has 7 aromatic rings. The number of hydrogen-bond donors (Lipinski definition) is 4. The number of carbonyl (C=O) groups is 4. The molecule has 0 spiro atoms. The van der Waals surface area contributed by atoms with Gasteiger partial charge in [-0.15, -0.1) is 0 Å². The fraction of sp³-hybridized carbons (Fsp3) is 0.373. The van der Waals surface area contributed by atoms with E-state index in [1.807, 2.05) is 13.8 Å². The van der Waals surface area contributed by atoms with E-state index in [0.29, 0.717) is 48.2 Å². The Morgan fingerprint density at radius 1 is 0.674 bits per heavy atom. The Hall–Kier alpha value is -5.88.